The molecule has 0 spiro atoms. The van der Waals surface area contributed by atoms with Crippen LogP contribution in [0.25, 0.3) is 158 Å². The largest absolute Gasteiger partial charge is 0.493 e. The van der Waals surface area contributed by atoms with Gasteiger partial charge in [0.15, 0.2) is 72.8 Å². The highest BCUT2D eigenvalue weighted by atomic mass is 16.5. The summed E-state index contributed by atoms with van der Waals surface area (Å²) in [5, 5.41) is 62.9. The molecule has 0 radical (unpaired) electrons. The average Bonchev–Trinajstić information content (AvgIpc) is 1.54. The maximum Gasteiger partial charge on any atom is 0.488 e. The number of aromatic carboxylic acids is 1. The van der Waals surface area contributed by atoms with Gasteiger partial charge in [0.05, 0.1) is 117 Å². The van der Waals surface area contributed by atoms with Gasteiger partial charge in [0.25, 0.3) is 33.4 Å². The maximum atomic E-state index is 12.1. The van der Waals surface area contributed by atoms with Crippen LogP contribution in [-0.4, -0.2) is 228 Å². The molecule has 0 amide bonds. The molecule has 0 atom stereocenters. The van der Waals surface area contributed by atoms with E-state index in [-0.39, 0.29) is 63.2 Å². The molecule has 20 rings (SSSR count). The van der Waals surface area contributed by atoms with E-state index < -0.39 is 24.8 Å². The Hall–Kier alpha value is -18.7. The van der Waals surface area contributed by atoms with E-state index in [1.165, 1.54) is 62.2 Å². The number of aliphatic hydroxyl groups excluding tert-OH is 1. The van der Waals surface area contributed by atoms with Crippen molar-refractivity contribution in [1.29, 1.82) is 0 Å². The van der Waals surface area contributed by atoms with Gasteiger partial charge in [-0.1, -0.05) is 47.6 Å². The minimum absolute atomic E-state index is 0.0807. The predicted octanol–water partition coefficient (Wildman–Crippen LogP) is 4.89. The molecule has 0 aliphatic carbocycles. The Kier molecular flexibility index (Phi) is 27.3. The molecular formula is C83H73BN30O20. The molecule has 0 bridgehead atoms. The molecule has 0 aliphatic heterocycles. The lowest BCUT2D eigenvalue weighted by atomic mass is 9.80. The number of nitrogens with zero attached hydrogens (tertiary/aromatic N) is 16. The van der Waals surface area contributed by atoms with E-state index in [0.717, 1.165) is 11.1 Å². The van der Waals surface area contributed by atoms with Crippen LogP contribution >= 0.6 is 0 Å². The lowest BCUT2D eigenvalue weighted by Crippen LogP contribution is -2.29. The molecule has 19 N–H and O–H groups in total. The zero-order valence-corrected chi connectivity index (χ0v) is 70.5. The quantitative estimate of drug-likeness (QED) is 0.0379. The Morgan fingerprint density at radius 3 is 1.04 bits per heavy atom. The highest BCUT2D eigenvalue weighted by Crippen LogP contribution is 2.36. The molecule has 6 aromatic carbocycles. The van der Waals surface area contributed by atoms with Gasteiger partial charge < -0.3 is 109 Å². The first-order chi connectivity index (χ1) is 65.0. The second-order valence-corrected chi connectivity index (χ2v) is 27.8. The van der Waals surface area contributed by atoms with Crippen LogP contribution in [0.15, 0.2) is 191 Å². The maximum absolute atomic E-state index is 12.1. The van der Waals surface area contributed by atoms with Crippen molar-refractivity contribution in [2.24, 2.45) is 0 Å². The fourth-order valence-corrected chi connectivity index (χ4v) is 13.1. The summed E-state index contributed by atoms with van der Waals surface area (Å²) in [6.07, 6.45) is 8.34. The molecule has 0 aliphatic rings. The van der Waals surface area contributed by atoms with E-state index in [4.69, 9.17) is 33.9 Å². The average molecular weight is 1820 g/mol. The first-order valence-electron chi connectivity index (χ1n) is 40.2. The molecule has 0 fully saturated rings. The first kappa shape index (κ1) is 90.1. The molecule has 51 heteroatoms. The van der Waals surface area contributed by atoms with Gasteiger partial charge in [-0.3, -0.25) is 43.1 Å². The van der Waals surface area contributed by atoms with Crippen molar-refractivity contribution in [3.63, 3.8) is 0 Å². The highest BCUT2D eigenvalue weighted by molar-refractivity contribution is 6.58. The zero-order chi connectivity index (χ0) is 94.2. The van der Waals surface area contributed by atoms with E-state index in [2.05, 4.69) is 155 Å². The van der Waals surface area contributed by atoms with Gasteiger partial charge in [0.1, 0.15) is 63.7 Å². The van der Waals surface area contributed by atoms with Gasteiger partial charge in [-0.15, -0.1) is 10.2 Å². The van der Waals surface area contributed by atoms with Crippen LogP contribution in [0.1, 0.15) is 56.1 Å². The smallest absolute Gasteiger partial charge is 0.488 e. The van der Waals surface area contributed by atoms with Crippen molar-refractivity contribution in [2.45, 2.75) is 47.6 Å². The third-order valence-electron chi connectivity index (χ3n) is 19.2. The van der Waals surface area contributed by atoms with Gasteiger partial charge in [0.2, 0.25) is 5.82 Å². The van der Waals surface area contributed by atoms with Gasteiger partial charge in [-0.25, -0.2) is 69.4 Å². The van der Waals surface area contributed by atoms with E-state index in [9.17, 15) is 58.3 Å². The van der Waals surface area contributed by atoms with Crippen LogP contribution in [-0.2, 0) is 17.8 Å². The number of aliphatic carboxylic acids is 1. The summed E-state index contributed by atoms with van der Waals surface area (Å²) < 4.78 is 32.5. The number of nitrogens with one attached hydrogen (secondary N) is 14. The zero-order valence-electron chi connectivity index (χ0n) is 70.5. The number of tetrazole rings is 1. The summed E-state index contributed by atoms with van der Waals surface area (Å²) in [4.78, 5) is 189. The van der Waals surface area contributed by atoms with Gasteiger partial charge >= 0.3 is 24.8 Å². The molecule has 134 heavy (non-hydrogen) atoms. The second kappa shape index (κ2) is 40.5. The van der Waals surface area contributed by atoms with Crippen molar-refractivity contribution in [3.8, 4) is 120 Å². The first-order valence-corrected chi connectivity index (χ1v) is 40.2. The molecule has 20 aromatic rings. The third kappa shape index (κ3) is 20.3. The minimum Gasteiger partial charge on any atom is -0.493 e. The number of carboxylic acid groups (broad SMARTS) is 2. The van der Waals surface area contributed by atoms with E-state index in [1.807, 2.05) is 27.7 Å². The van der Waals surface area contributed by atoms with Crippen molar-refractivity contribution in [1.82, 2.24) is 150 Å². The Labute approximate surface area is 744 Å². The Morgan fingerprint density at radius 1 is 0.373 bits per heavy atom. The Morgan fingerprint density at radius 2 is 0.701 bits per heavy atom. The molecule has 0 saturated heterocycles. The molecular weight excluding hydrogens is 1750 g/mol. The number of ether oxygens (including phenoxy) is 5. The van der Waals surface area contributed by atoms with E-state index in [0.29, 0.717) is 214 Å². The SMILES string of the molecule is CCOc1cc(-c2nn[nH]n2)ccc1-c1nc2nc[nH]c2c(=O)[nH]1.CCOc1cc(-c2noc(=O)[nH]2)ccc1-c1nc2nc[nH]c2c(=O)[nH]1.CCOc1cc(B(O)O)ccc1-c1nc2nc[nH]c2c(=O)[nH]1.CCOc1cc(CC(=O)O)ccc1-c1nc2nc[nH]c2c(=O)[nH]1.CCOc1cc(CO)ccc1-c1nc2nc[nH]c2c(=O)[nH]1.O=C(O)c1ccc(-c2nc3nc[nH]c3c(=O)[nH]2)cc1. The summed E-state index contributed by atoms with van der Waals surface area (Å²) in [5.74, 6) is 2.65. The van der Waals surface area contributed by atoms with Gasteiger partial charge in [0, 0.05) is 16.7 Å². The molecule has 14 aromatic heterocycles. The summed E-state index contributed by atoms with van der Waals surface area (Å²) in [6.45, 7) is 11.2. The summed E-state index contributed by atoms with van der Waals surface area (Å²) >= 11 is 0. The number of aromatic amines is 14. The van der Waals surface area contributed by atoms with Crippen LogP contribution < -0.4 is 68.3 Å². The van der Waals surface area contributed by atoms with Crippen LogP contribution in [0.5, 0.6) is 28.7 Å². The van der Waals surface area contributed by atoms with Crippen LogP contribution in [0.3, 0.4) is 0 Å². The van der Waals surface area contributed by atoms with Crippen molar-refractivity contribution in [2.75, 3.05) is 33.0 Å². The Bertz CT molecular complexity index is 8100. The molecule has 50 nitrogen and oxygen atoms in total. The summed E-state index contributed by atoms with van der Waals surface area (Å²) in [5.41, 5.74) is 8.63. The van der Waals surface area contributed by atoms with Crippen molar-refractivity contribution in [3.05, 3.63) is 243 Å². The number of hydrogen-bond acceptors (Lipinski definition) is 34. The molecule has 0 saturated carbocycles. The number of rotatable bonds is 23. The number of benzene rings is 6. The fourth-order valence-electron chi connectivity index (χ4n) is 13.1. The van der Waals surface area contributed by atoms with Crippen molar-refractivity contribution < 1.29 is 63.2 Å². The van der Waals surface area contributed by atoms with E-state index in [1.54, 1.807) is 97.9 Å². The van der Waals surface area contributed by atoms with Crippen LogP contribution in [0, 0.1) is 0 Å². The number of carbonyl (C=O) groups is 2. The molecule has 678 valence electrons. The summed E-state index contributed by atoms with van der Waals surface area (Å²) in [6, 6.07) is 31.4. The number of imidazole rings is 6. The second-order valence-electron chi connectivity index (χ2n) is 27.8. The monoisotopic (exact) mass is 1820 g/mol. The Balaban J connectivity index is 0.000000123. The van der Waals surface area contributed by atoms with Gasteiger partial charge in [-0.05, 0) is 129 Å². The van der Waals surface area contributed by atoms with Crippen LogP contribution in [0.2, 0.25) is 0 Å². The fraction of sp³-hybridized carbons (Fsp3) is 0.145. The lowest BCUT2D eigenvalue weighted by molar-refractivity contribution is -0.136. The minimum atomic E-state index is -1.60. The predicted molar refractivity (Wildman–Crippen MR) is 479 cm³/mol. The number of hydrogen-bond donors (Lipinski definition) is 19. The molecule has 0 unspecified atom stereocenters. The van der Waals surface area contributed by atoms with Gasteiger partial charge in [-0.2, -0.15) is 5.21 Å². The lowest BCUT2D eigenvalue weighted by Gasteiger charge is -2.11. The number of aliphatic hydroxyl groups is 1. The number of carboxylic acids is 2. The standard InChI is InChI=1S/C15H12N6O4.C15H14N4O4.C14H12N8O2.C14H14N4O3.C13H13BN4O4.C12H8N4O3/c1-2-24-9-5-7(11-20-15(23)25-21-11)3-4-8(9)12-18-13-10(14(22)19-12)16-6-17-13;1-2-23-10-5-8(6-11(20)21)3-4-9(10)13-18-14-12(15(22)19-13)16-7-17-14;1-2-24-9-5-7(11-19-21-22-20-11)3-4-8(9)12-17-13-10(14(23)18-12)15-6-16-13;1-2-21-10-5-8(6-19)3-4-9(10)12-17-13-11(14(20)18-12)15-7-16-13;1-2-22-9-5-7(14(20)21)3-4-8(9)11-17-12-10(13(19)18-11)15-6-16-12;17-11-8-10(14-5-13-8)15-9(16-11)6-1-3-7(4-2-6)12(18)19/h3-6H,2H2,1H3,(H,20,21,23)(H2,16,17,18,19,22);3-5,7H,2,6H2,1H3,(H,20,21)(H2,16,17,18,19,22);3-6H,2H2,1H3,(H,19,20,21,22)(H2,15,16,17,18,23);3-5,7,19H,2,6H2,1H3,(H2,15,16,17,18,20);3-6,20-21H,2H2,1H3,(H2,15,16,17,18,19);1-5H,(H,18,19)(H2,13,14,15,16,17). The number of aromatic nitrogens is 30. The van der Waals surface area contributed by atoms with Crippen LogP contribution in [0.4, 0.5) is 0 Å². The van der Waals surface area contributed by atoms with E-state index >= 15 is 0 Å². The number of fused-ring (bicyclic) bond motifs is 6. The topological polar surface area (TPSA) is 741 Å². The van der Waals surface area contributed by atoms with Crippen molar-refractivity contribution >= 4 is 91.5 Å². The normalized spacial score (nSPS) is 10.9. The third-order valence-corrected chi connectivity index (χ3v) is 19.2. The number of H-pyrrole nitrogens is 14. The highest BCUT2D eigenvalue weighted by Gasteiger charge is 2.23. The molecule has 14 heterocycles. The summed E-state index contributed by atoms with van der Waals surface area (Å²) in [7, 11) is -1.60.